The van der Waals surface area contributed by atoms with E-state index in [2.05, 4.69) is 13.8 Å². The van der Waals surface area contributed by atoms with Crippen molar-refractivity contribution >= 4 is 6.29 Å². The van der Waals surface area contributed by atoms with Gasteiger partial charge in [0.1, 0.15) is 6.29 Å². The Bertz CT molecular complexity index is 214. The van der Waals surface area contributed by atoms with Crippen molar-refractivity contribution in [1.29, 1.82) is 0 Å². The molecule has 0 N–H and O–H groups in total. The van der Waals surface area contributed by atoms with Crippen LogP contribution in [0.15, 0.2) is 0 Å². The minimum Gasteiger partial charge on any atom is -0.380 e. The molecule has 1 saturated heterocycles. The minimum absolute atomic E-state index is 0.127. The summed E-state index contributed by atoms with van der Waals surface area (Å²) >= 11 is 0. The lowest BCUT2D eigenvalue weighted by Gasteiger charge is -2.20. The molecular weight excluding hydrogens is 164 g/mol. The van der Waals surface area contributed by atoms with Gasteiger partial charge in [0.25, 0.3) is 0 Å². The van der Waals surface area contributed by atoms with E-state index >= 15 is 0 Å². The molecule has 2 fully saturated rings. The molecule has 1 heterocycles. The third-order valence-electron chi connectivity index (χ3n) is 3.75. The Kier molecular flexibility index (Phi) is 1.99. The molecule has 0 radical (unpaired) electrons. The number of carbonyl (C=O) groups excluding carboxylic acids is 1. The van der Waals surface area contributed by atoms with Crippen LogP contribution in [-0.2, 0) is 9.53 Å². The van der Waals surface area contributed by atoms with Crippen LogP contribution >= 0.6 is 0 Å². The van der Waals surface area contributed by atoms with Crippen molar-refractivity contribution in [2.24, 2.45) is 16.7 Å². The van der Waals surface area contributed by atoms with Gasteiger partial charge in [-0.25, -0.2) is 0 Å². The van der Waals surface area contributed by atoms with Gasteiger partial charge in [0.2, 0.25) is 0 Å². The standard InChI is InChI=1S/C11H18O2/c1-10(2)5-9(10)6-11(7-12)3-4-13-8-11/h7,9H,3-6,8H2,1-2H3. The number of aldehydes is 1. The predicted molar refractivity (Wildman–Crippen MR) is 50.4 cm³/mol. The zero-order chi connectivity index (χ0) is 9.53. The highest BCUT2D eigenvalue weighted by Gasteiger charge is 2.50. The van der Waals surface area contributed by atoms with E-state index in [4.69, 9.17) is 4.74 Å². The van der Waals surface area contributed by atoms with Gasteiger partial charge in [-0.3, -0.25) is 0 Å². The SMILES string of the molecule is CC1(C)CC1CC1(C=O)CCOC1. The maximum Gasteiger partial charge on any atom is 0.128 e. The maximum absolute atomic E-state index is 11.0. The van der Waals surface area contributed by atoms with Gasteiger partial charge in [-0.15, -0.1) is 0 Å². The highest BCUT2D eigenvalue weighted by Crippen LogP contribution is 2.57. The molecule has 74 valence electrons. The van der Waals surface area contributed by atoms with E-state index in [0.29, 0.717) is 12.0 Å². The lowest BCUT2D eigenvalue weighted by atomic mass is 9.82. The molecule has 0 aromatic rings. The molecule has 13 heavy (non-hydrogen) atoms. The smallest absolute Gasteiger partial charge is 0.128 e. The predicted octanol–water partition coefficient (Wildman–Crippen LogP) is 2.03. The van der Waals surface area contributed by atoms with Crippen molar-refractivity contribution in [3.8, 4) is 0 Å². The largest absolute Gasteiger partial charge is 0.380 e. The van der Waals surface area contributed by atoms with Crippen LogP contribution in [0, 0.1) is 16.7 Å². The summed E-state index contributed by atoms with van der Waals surface area (Å²) in [5.41, 5.74) is 0.358. The van der Waals surface area contributed by atoms with Crippen molar-refractivity contribution < 1.29 is 9.53 Å². The van der Waals surface area contributed by atoms with E-state index < -0.39 is 0 Å². The Labute approximate surface area is 79.7 Å². The van der Waals surface area contributed by atoms with Crippen LogP contribution in [0.1, 0.15) is 33.1 Å². The summed E-state index contributed by atoms with van der Waals surface area (Å²) in [6, 6.07) is 0. The van der Waals surface area contributed by atoms with E-state index in [-0.39, 0.29) is 5.41 Å². The molecule has 1 aliphatic heterocycles. The molecule has 0 spiro atoms. The Morgan fingerprint density at radius 3 is 2.62 bits per heavy atom. The monoisotopic (exact) mass is 182 g/mol. The van der Waals surface area contributed by atoms with E-state index in [1.54, 1.807) is 0 Å². The molecule has 0 aromatic carbocycles. The van der Waals surface area contributed by atoms with Gasteiger partial charge >= 0.3 is 0 Å². The van der Waals surface area contributed by atoms with Gasteiger partial charge in [0, 0.05) is 6.61 Å². The topological polar surface area (TPSA) is 26.3 Å². The molecule has 0 amide bonds. The molecule has 2 unspecified atom stereocenters. The second kappa shape index (κ2) is 2.81. The van der Waals surface area contributed by atoms with Gasteiger partial charge in [-0.2, -0.15) is 0 Å². The van der Waals surface area contributed by atoms with Gasteiger partial charge in [-0.05, 0) is 30.6 Å². The Morgan fingerprint density at radius 2 is 2.23 bits per heavy atom. The normalized spacial score (nSPS) is 41.8. The number of rotatable bonds is 3. The van der Waals surface area contributed by atoms with E-state index in [1.807, 2.05) is 0 Å². The van der Waals surface area contributed by atoms with Crippen molar-refractivity contribution in [3.63, 3.8) is 0 Å². The number of hydrogen-bond acceptors (Lipinski definition) is 2. The van der Waals surface area contributed by atoms with E-state index in [0.717, 1.165) is 31.7 Å². The van der Waals surface area contributed by atoms with E-state index in [1.165, 1.54) is 6.42 Å². The first-order chi connectivity index (χ1) is 6.08. The molecule has 1 saturated carbocycles. The second-order valence-electron chi connectivity index (χ2n) is 5.38. The van der Waals surface area contributed by atoms with Crippen LogP contribution in [0.3, 0.4) is 0 Å². The average molecular weight is 182 g/mol. The van der Waals surface area contributed by atoms with Crippen LogP contribution in [0.2, 0.25) is 0 Å². The summed E-state index contributed by atoms with van der Waals surface area (Å²) in [6.45, 7) is 5.99. The summed E-state index contributed by atoms with van der Waals surface area (Å²) in [6.07, 6.45) is 4.39. The second-order valence-corrected chi connectivity index (χ2v) is 5.38. The average Bonchev–Trinajstić information content (AvgIpc) is 2.52. The van der Waals surface area contributed by atoms with Gasteiger partial charge in [0.05, 0.1) is 12.0 Å². The quantitative estimate of drug-likeness (QED) is 0.624. The lowest BCUT2D eigenvalue weighted by molar-refractivity contribution is -0.116. The van der Waals surface area contributed by atoms with Crippen molar-refractivity contribution in [2.45, 2.75) is 33.1 Å². The molecular formula is C11H18O2. The molecule has 0 aromatic heterocycles. The first-order valence-electron chi connectivity index (χ1n) is 5.12. The number of hydrogen-bond donors (Lipinski definition) is 0. The van der Waals surface area contributed by atoms with Crippen molar-refractivity contribution in [1.82, 2.24) is 0 Å². The van der Waals surface area contributed by atoms with E-state index in [9.17, 15) is 4.79 Å². The van der Waals surface area contributed by atoms with Crippen LogP contribution in [0.4, 0.5) is 0 Å². The van der Waals surface area contributed by atoms with Crippen LogP contribution in [-0.4, -0.2) is 19.5 Å². The van der Waals surface area contributed by atoms with Crippen molar-refractivity contribution in [3.05, 3.63) is 0 Å². The summed E-state index contributed by atoms with van der Waals surface area (Å²) in [4.78, 5) is 11.0. The lowest BCUT2D eigenvalue weighted by Crippen LogP contribution is -2.24. The molecule has 2 aliphatic rings. The van der Waals surface area contributed by atoms with Crippen LogP contribution in [0.5, 0.6) is 0 Å². The fraction of sp³-hybridized carbons (Fsp3) is 0.909. The Morgan fingerprint density at radius 1 is 1.54 bits per heavy atom. The highest BCUT2D eigenvalue weighted by atomic mass is 16.5. The zero-order valence-electron chi connectivity index (χ0n) is 8.51. The number of ether oxygens (including phenoxy) is 1. The highest BCUT2D eigenvalue weighted by molar-refractivity contribution is 5.60. The molecule has 2 rings (SSSR count). The van der Waals surface area contributed by atoms with Gasteiger partial charge < -0.3 is 9.53 Å². The first-order valence-corrected chi connectivity index (χ1v) is 5.12. The Hall–Kier alpha value is -0.370. The molecule has 1 aliphatic carbocycles. The first kappa shape index (κ1) is 9.20. The van der Waals surface area contributed by atoms with Crippen LogP contribution in [0.25, 0.3) is 0 Å². The molecule has 2 atom stereocenters. The third kappa shape index (κ3) is 1.64. The summed E-state index contributed by atoms with van der Waals surface area (Å²) in [5.74, 6) is 0.749. The summed E-state index contributed by atoms with van der Waals surface area (Å²) in [5, 5.41) is 0. The zero-order valence-corrected chi connectivity index (χ0v) is 8.51. The molecule has 0 bridgehead atoms. The van der Waals surface area contributed by atoms with Gasteiger partial charge in [0.15, 0.2) is 0 Å². The van der Waals surface area contributed by atoms with Crippen LogP contribution < -0.4 is 0 Å². The fourth-order valence-corrected chi connectivity index (χ4v) is 2.34. The van der Waals surface area contributed by atoms with Gasteiger partial charge in [-0.1, -0.05) is 13.8 Å². The summed E-state index contributed by atoms with van der Waals surface area (Å²) in [7, 11) is 0. The Balaban J connectivity index is 1.95. The third-order valence-corrected chi connectivity index (χ3v) is 3.75. The van der Waals surface area contributed by atoms with Crippen molar-refractivity contribution in [2.75, 3.05) is 13.2 Å². The molecule has 2 nitrogen and oxygen atoms in total. The fourth-order valence-electron chi connectivity index (χ4n) is 2.34. The maximum atomic E-state index is 11.0. The minimum atomic E-state index is -0.127. The number of carbonyl (C=O) groups is 1. The summed E-state index contributed by atoms with van der Waals surface area (Å²) < 4.78 is 5.32. The molecule has 2 heteroatoms.